The monoisotopic (exact) mass is 331 g/mol. The lowest BCUT2D eigenvalue weighted by atomic mass is 10.3. The minimum absolute atomic E-state index is 0.127. The van der Waals surface area contributed by atoms with Gasteiger partial charge in [-0.3, -0.25) is 0 Å². The van der Waals surface area contributed by atoms with E-state index in [1.807, 2.05) is 6.07 Å². The smallest absolute Gasteiger partial charge is 0.242 e. The average molecular weight is 332 g/mol. The molecule has 1 aromatic heterocycles. The van der Waals surface area contributed by atoms with Gasteiger partial charge in [-0.1, -0.05) is 11.6 Å². The number of benzene rings is 1. The van der Waals surface area contributed by atoms with Crippen LogP contribution < -0.4 is 15.8 Å². The zero-order chi connectivity index (χ0) is 14.8. The fraction of sp³-hybridized carbons (Fsp3) is 0.167. The highest BCUT2D eigenvalue weighted by molar-refractivity contribution is 7.89. The number of hydrogen-bond donors (Lipinski definition) is 3. The Hall–Kier alpha value is -1.28. The summed E-state index contributed by atoms with van der Waals surface area (Å²) in [5.74, 6) is 0. The third-order valence-electron chi connectivity index (χ3n) is 2.65. The van der Waals surface area contributed by atoms with E-state index in [9.17, 15) is 8.42 Å². The first-order chi connectivity index (χ1) is 9.42. The number of sulfonamides is 1. The van der Waals surface area contributed by atoms with Gasteiger partial charge >= 0.3 is 0 Å². The van der Waals surface area contributed by atoms with E-state index in [0.717, 1.165) is 4.88 Å². The molecule has 0 saturated heterocycles. The highest BCUT2D eigenvalue weighted by atomic mass is 35.5. The molecule has 20 heavy (non-hydrogen) atoms. The zero-order valence-corrected chi connectivity index (χ0v) is 13.1. The van der Waals surface area contributed by atoms with Gasteiger partial charge in [0.2, 0.25) is 10.0 Å². The third-order valence-corrected chi connectivity index (χ3v) is 5.33. The van der Waals surface area contributed by atoms with Crippen molar-refractivity contribution in [3.05, 3.63) is 39.5 Å². The lowest BCUT2D eigenvalue weighted by molar-refractivity contribution is 0.588. The number of anilines is 2. The van der Waals surface area contributed by atoms with Crippen LogP contribution in [-0.4, -0.2) is 15.5 Å². The van der Waals surface area contributed by atoms with E-state index < -0.39 is 10.0 Å². The number of nitrogens with two attached hydrogens (primary N) is 1. The molecule has 108 valence electrons. The largest absolute Gasteiger partial charge is 0.399 e. The summed E-state index contributed by atoms with van der Waals surface area (Å²) in [5, 5.41) is 3.09. The highest BCUT2D eigenvalue weighted by Crippen LogP contribution is 2.26. The van der Waals surface area contributed by atoms with Crippen LogP contribution in [0.4, 0.5) is 11.4 Å². The van der Waals surface area contributed by atoms with Crippen LogP contribution in [0.15, 0.2) is 35.2 Å². The maximum absolute atomic E-state index is 12.0. The minimum Gasteiger partial charge on any atom is -0.399 e. The second-order valence-electron chi connectivity index (χ2n) is 4.02. The lowest BCUT2D eigenvalue weighted by Crippen LogP contribution is -2.20. The van der Waals surface area contributed by atoms with Crippen LogP contribution in [0.5, 0.6) is 0 Å². The molecule has 5 nitrogen and oxygen atoms in total. The molecule has 2 aromatic rings. The van der Waals surface area contributed by atoms with Crippen LogP contribution in [0, 0.1) is 0 Å². The van der Waals surface area contributed by atoms with Crippen LogP contribution >= 0.6 is 22.9 Å². The summed E-state index contributed by atoms with van der Waals surface area (Å²) in [7, 11) is -2.20. The van der Waals surface area contributed by atoms with Crippen LogP contribution in [0.3, 0.4) is 0 Å². The number of halogens is 1. The maximum atomic E-state index is 12.0. The second kappa shape index (κ2) is 6.01. The fourth-order valence-electron chi connectivity index (χ4n) is 1.65. The number of nitrogen functional groups attached to an aromatic ring is 1. The first kappa shape index (κ1) is 15.1. The molecule has 8 heteroatoms. The van der Waals surface area contributed by atoms with Gasteiger partial charge in [0.05, 0.1) is 10.0 Å². The van der Waals surface area contributed by atoms with E-state index in [1.54, 1.807) is 18.2 Å². The molecule has 0 radical (unpaired) electrons. The van der Waals surface area contributed by atoms with E-state index in [4.69, 9.17) is 17.3 Å². The van der Waals surface area contributed by atoms with E-state index in [0.29, 0.717) is 22.3 Å². The third kappa shape index (κ3) is 3.43. The van der Waals surface area contributed by atoms with Gasteiger partial charge < -0.3 is 11.1 Å². The molecule has 0 bridgehead atoms. The molecular weight excluding hydrogens is 318 g/mol. The summed E-state index contributed by atoms with van der Waals surface area (Å²) in [5.41, 5.74) is 6.54. The first-order valence-electron chi connectivity index (χ1n) is 5.73. The Balaban J connectivity index is 2.27. The average Bonchev–Trinajstić information content (AvgIpc) is 2.83. The van der Waals surface area contributed by atoms with Crippen molar-refractivity contribution >= 4 is 44.3 Å². The van der Waals surface area contributed by atoms with Crippen molar-refractivity contribution in [1.29, 1.82) is 0 Å². The molecule has 0 amide bonds. The molecule has 0 fully saturated rings. The predicted octanol–water partition coefficient (Wildman–Crippen LogP) is 2.50. The SMILES string of the molecule is CNS(=O)(=O)c1cc(N)ccc1NCc1ccc(Cl)s1. The first-order valence-corrected chi connectivity index (χ1v) is 8.41. The zero-order valence-electron chi connectivity index (χ0n) is 10.7. The normalized spacial score (nSPS) is 11.5. The van der Waals surface area contributed by atoms with Gasteiger partial charge in [0.25, 0.3) is 0 Å². The lowest BCUT2D eigenvalue weighted by Gasteiger charge is -2.12. The van der Waals surface area contributed by atoms with Crippen molar-refractivity contribution in [1.82, 2.24) is 4.72 Å². The molecule has 4 N–H and O–H groups in total. The van der Waals surface area contributed by atoms with Gasteiger partial charge in [0, 0.05) is 17.1 Å². The Morgan fingerprint density at radius 1 is 1.30 bits per heavy atom. The van der Waals surface area contributed by atoms with Crippen molar-refractivity contribution in [2.75, 3.05) is 18.1 Å². The number of nitrogens with one attached hydrogen (secondary N) is 2. The van der Waals surface area contributed by atoms with Gasteiger partial charge in [-0.15, -0.1) is 11.3 Å². The number of rotatable bonds is 5. The maximum Gasteiger partial charge on any atom is 0.242 e. The standard InChI is InChI=1S/C12H14ClN3O2S2/c1-15-20(17,18)11-6-8(14)2-4-10(11)16-7-9-3-5-12(13)19-9/h2-6,15-16H,7,14H2,1H3. The predicted molar refractivity (Wildman–Crippen MR) is 83.8 cm³/mol. The van der Waals surface area contributed by atoms with Crippen LogP contribution in [0.1, 0.15) is 4.88 Å². The molecule has 0 spiro atoms. The molecule has 1 heterocycles. The molecule has 0 aliphatic heterocycles. The molecule has 2 rings (SSSR count). The topological polar surface area (TPSA) is 84.2 Å². The minimum atomic E-state index is -3.57. The summed E-state index contributed by atoms with van der Waals surface area (Å²) < 4.78 is 26.9. The number of hydrogen-bond acceptors (Lipinski definition) is 5. The fourth-order valence-corrected chi connectivity index (χ4v) is 3.61. The molecule has 0 aliphatic rings. The van der Waals surface area contributed by atoms with Crippen LogP contribution in [-0.2, 0) is 16.6 Å². The summed E-state index contributed by atoms with van der Waals surface area (Å²) in [4.78, 5) is 1.14. The van der Waals surface area contributed by atoms with E-state index >= 15 is 0 Å². The second-order valence-corrected chi connectivity index (χ2v) is 7.68. The Bertz CT molecular complexity index is 713. The van der Waals surface area contributed by atoms with E-state index in [2.05, 4.69) is 10.0 Å². The molecule has 1 aromatic carbocycles. The van der Waals surface area contributed by atoms with Crippen molar-refractivity contribution in [3.8, 4) is 0 Å². The molecule has 0 aliphatic carbocycles. The van der Waals surface area contributed by atoms with Crippen LogP contribution in [0.2, 0.25) is 4.34 Å². The van der Waals surface area contributed by atoms with Gasteiger partial charge in [-0.25, -0.2) is 13.1 Å². The molecule has 0 saturated carbocycles. The van der Waals surface area contributed by atoms with Gasteiger partial charge in [0.15, 0.2) is 0 Å². The van der Waals surface area contributed by atoms with E-state index in [1.165, 1.54) is 24.5 Å². The highest BCUT2D eigenvalue weighted by Gasteiger charge is 2.17. The Kier molecular flexibility index (Phi) is 4.54. The van der Waals surface area contributed by atoms with Crippen molar-refractivity contribution < 1.29 is 8.42 Å². The van der Waals surface area contributed by atoms with Crippen molar-refractivity contribution in [2.24, 2.45) is 0 Å². The molecular formula is C12H14ClN3O2S2. The van der Waals surface area contributed by atoms with Crippen LogP contribution in [0.25, 0.3) is 0 Å². The van der Waals surface area contributed by atoms with Gasteiger partial charge in [-0.2, -0.15) is 0 Å². The summed E-state index contributed by atoms with van der Waals surface area (Å²) in [6, 6.07) is 8.42. The van der Waals surface area contributed by atoms with Crippen molar-refractivity contribution in [3.63, 3.8) is 0 Å². The van der Waals surface area contributed by atoms with Gasteiger partial charge in [-0.05, 0) is 37.4 Å². The Morgan fingerprint density at radius 2 is 2.05 bits per heavy atom. The number of thiophene rings is 1. The Labute approximate surface area is 126 Å². The Morgan fingerprint density at radius 3 is 2.65 bits per heavy atom. The summed E-state index contributed by atoms with van der Waals surface area (Å²) in [6.45, 7) is 0.494. The van der Waals surface area contributed by atoms with Crippen molar-refractivity contribution in [2.45, 2.75) is 11.4 Å². The molecule has 0 unspecified atom stereocenters. The summed E-state index contributed by atoms with van der Waals surface area (Å²) >= 11 is 7.30. The molecule has 0 atom stereocenters. The summed E-state index contributed by atoms with van der Waals surface area (Å²) in [6.07, 6.45) is 0. The van der Waals surface area contributed by atoms with Gasteiger partial charge in [0.1, 0.15) is 4.90 Å². The quantitative estimate of drug-likeness (QED) is 0.735. The van der Waals surface area contributed by atoms with E-state index in [-0.39, 0.29) is 4.90 Å².